The lowest BCUT2D eigenvalue weighted by atomic mass is 9.92. The van der Waals surface area contributed by atoms with Crippen LogP contribution in [-0.4, -0.2) is 31.1 Å². The molecular weight excluding hydrogens is 352 g/mol. The van der Waals surface area contributed by atoms with E-state index in [1.807, 2.05) is 31.5 Å². The van der Waals surface area contributed by atoms with Gasteiger partial charge in [-0.3, -0.25) is 9.59 Å². The second-order valence-electron chi connectivity index (χ2n) is 9.47. The summed E-state index contributed by atoms with van der Waals surface area (Å²) >= 11 is 0. The molecule has 0 fully saturated rings. The van der Waals surface area contributed by atoms with Gasteiger partial charge >= 0.3 is 0 Å². The monoisotopic (exact) mass is 380 g/mol. The van der Waals surface area contributed by atoms with Crippen LogP contribution in [0.5, 0.6) is 0 Å². The third-order valence-corrected chi connectivity index (χ3v) is 5.07. The molecule has 0 saturated carbocycles. The van der Waals surface area contributed by atoms with Crippen LogP contribution >= 0.6 is 0 Å². The van der Waals surface area contributed by atoms with Crippen LogP contribution in [0, 0.1) is 0 Å². The maximum Gasteiger partial charge on any atom is 0.186 e. The molecule has 1 aliphatic carbocycles. The Morgan fingerprint density at radius 3 is 1.61 bits per heavy atom. The average Bonchev–Trinajstić information content (AvgIpc) is 3.25. The lowest BCUT2D eigenvalue weighted by Crippen LogP contribution is -2.44. The predicted molar refractivity (Wildman–Crippen MR) is 108 cm³/mol. The summed E-state index contributed by atoms with van der Waals surface area (Å²) in [5.41, 5.74) is 0.776. The van der Waals surface area contributed by atoms with Crippen molar-refractivity contribution >= 4 is 11.6 Å². The van der Waals surface area contributed by atoms with E-state index in [4.69, 9.17) is 10.2 Å². The predicted octanol–water partition coefficient (Wildman–Crippen LogP) is 3.53. The fourth-order valence-electron chi connectivity index (χ4n) is 3.16. The molecule has 0 atom stereocenters. The first-order chi connectivity index (χ1) is 12.8. The van der Waals surface area contributed by atoms with Gasteiger partial charge in [0, 0.05) is 23.2 Å². The van der Waals surface area contributed by atoms with Crippen molar-refractivity contribution in [2.45, 2.75) is 65.0 Å². The fourth-order valence-corrected chi connectivity index (χ4v) is 3.16. The Labute approximate surface area is 165 Å². The molecule has 148 valence electrons. The van der Waals surface area contributed by atoms with Crippen LogP contribution in [0.4, 0.5) is 0 Å². The van der Waals surface area contributed by atoms with Crippen molar-refractivity contribution in [2.75, 3.05) is 0 Å². The van der Waals surface area contributed by atoms with Gasteiger partial charge in [0.05, 0.1) is 17.0 Å². The molecule has 0 saturated heterocycles. The number of aromatic nitrogens is 4. The minimum absolute atomic E-state index is 0.145. The van der Waals surface area contributed by atoms with Gasteiger partial charge in [0.1, 0.15) is 0 Å². The molecule has 0 bridgehead atoms. The van der Waals surface area contributed by atoms with E-state index in [0.29, 0.717) is 5.57 Å². The van der Waals surface area contributed by atoms with Gasteiger partial charge in [-0.15, -0.1) is 0 Å². The summed E-state index contributed by atoms with van der Waals surface area (Å²) in [4.78, 5) is 24.8. The van der Waals surface area contributed by atoms with Crippen molar-refractivity contribution in [1.29, 1.82) is 0 Å². The summed E-state index contributed by atoms with van der Waals surface area (Å²) in [5.74, 6) is -0.435. The van der Waals surface area contributed by atoms with E-state index >= 15 is 0 Å². The number of ketones is 2. The second kappa shape index (κ2) is 6.40. The number of nitrogens with zero attached hydrogens (tertiary/aromatic N) is 4. The summed E-state index contributed by atoms with van der Waals surface area (Å²) in [6, 6.07) is 3.88. The lowest BCUT2D eigenvalue weighted by molar-refractivity contribution is -0.115. The highest BCUT2D eigenvalue weighted by molar-refractivity contribution is 6.18. The number of allylic oxidation sites excluding steroid dienone is 4. The molecule has 2 aromatic rings. The van der Waals surface area contributed by atoms with Crippen LogP contribution in [0.25, 0.3) is 0 Å². The van der Waals surface area contributed by atoms with E-state index in [-0.39, 0.29) is 22.4 Å². The van der Waals surface area contributed by atoms with Gasteiger partial charge in [-0.2, -0.15) is 10.2 Å². The van der Waals surface area contributed by atoms with Gasteiger partial charge in [0.2, 0.25) is 0 Å². The first-order valence-corrected chi connectivity index (χ1v) is 9.45. The van der Waals surface area contributed by atoms with Gasteiger partial charge in [-0.1, -0.05) is 41.5 Å². The highest BCUT2D eigenvalue weighted by Crippen LogP contribution is 2.32. The average molecular weight is 380 g/mol. The van der Waals surface area contributed by atoms with Crippen LogP contribution in [-0.2, 0) is 26.1 Å². The Bertz CT molecular complexity index is 938. The molecule has 0 aromatic carbocycles. The Morgan fingerprint density at radius 1 is 0.750 bits per heavy atom. The summed E-state index contributed by atoms with van der Waals surface area (Å²) in [6.07, 6.45) is 7.68. The third-order valence-electron chi connectivity index (χ3n) is 5.07. The lowest BCUT2D eigenvalue weighted by Gasteiger charge is -2.33. The van der Waals surface area contributed by atoms with Crippen molar-refractivity contribution < 1.29 is 9.59 Å². The molecule has 6 nitrogen and oxygen atoms in total. The van der Waals surface area contributed by atoms with E-state index < -0.39 is 5.66 Å². The molecule has 0 spiro atoms. The number of hydrogen-bond donors (Lipinski definition) is 0. The smallest absolute Gasteiger partial charge is 0.186 e. The van der Waals surface area contributed by atoms with Crippen molar-refractivity contribution in [2.24, 2.45) is 0 Å². The molecule has 1 aliphatic rings. The minimum atomic E-state index is -1.06. The van der Waals surface area contributed by atoms with Gasteiger partial charge in [-0.05, 0) is 37.3 Å². The molecular formula is C22H28N4O2. The van der Waals surface area contributed by atoms with E-state index in [0.717, 1.165) is 11.4 Å². The Kier molecular flexibility index (Phi) is 4.57. The maximum atomic E-state index is 12.8. The first-order valence-electron chi connectivity index (χ1n) is 9.45. The van der Waals surface area contributed by atoms with E-state index in [9.17, 15) is 9.59 Å². The molecule has 6 heteroatoms. The molecule has 3 rings (SSSR count). The van der Waals surface area contributed by atoms with E-state index in [1.54, 1.807) is 9.36 Å². The molecule has 0 amide bonds. The number of hydrogen-bond acceptors (Lipinski definition) is 4. The molecule has 2 heterocycles. The normalized spacial score (nSPS) is 15.9. The van der Waals surface area contributed by atoms with Gasteiger partial charge in [-0.25, -0.2) is 9.36 Å². The van der Waals surface area contributed by atoms with Crippen molar-refractivity contribution in [3.8, 4) is 0 Å². The van der Waals surface area contributed by atoms with E-state index in [2.05, 4.69) is 41.5 Å². The Balaban J connectivity index is 2.23. The first kappa shape index (κ1) is 20.0. The van der Waals surface area contributed by atoms with E-state index in [1.165, 1.54) is 18.2 Å². The summed E-state index contributed by atoms with van der Waals surface area (Å²) in [6.45, 7) is 14.4. The van der Waals surface area contributed by atoms with Crippen molar-refractivity contribution in [3.63, 3.8) is 0 Å². The number of carbonyl (C=O) groups excluding carboxylic acids is 2. The number of rotatable bonds is 3. The molecule has 0 radical (unpaired) electrons. The van der Waals surface area contributed by atoms with Crippen LogP contribution in [0.15, 0.2) is 48.3 Å². The molecule has 0 unspecified atom stereocenters. The molecule has 0 N–H and O–H groups in total. The van der Waals surface area contributed by atoms with Crippen LogP contribution in [0.2, 0.25) is 0 Å². The highest BCUT2D eigenvalue weighted by Gasteiger charge is 2.40. The highest BCUT2D eigenvalue weighted by atomic mass is 16.1. The molecule has 28 heavy (non-hydrogen) atoms. The molecule has 0 aliphatic heterocycles. The second-order valence-corrected chi connectivity index (χ2v) is 9.47. The summed E-state index contributed by atoms with van der Waals surface area (Å²) < 4.78 is 3.45. The zero-order valence-electron chi connectivity index (χ0n) is 17.6. The van der Waals surface area contributed by atoms with Crippen molar-refractivity contribution in [1.82, 2.24) is 19.6 Å². The standard InChI is InChI=1S/C22H28N4O2/c1-20(2,3)18-10-12-25(23-18)22(7,16-14-15(27)8-9-17(16)28)26-13-11-19(24-26)21(4,5)6/h8-14H,1-7H3. The molecule has 2 aromatic heterocycles. The third kappa shape index (κ3) is 3.39. The summed E-state index contributed by atoms with van der Waals surface area (Å²) in [5, 5.41) is 9.53. The van der Waals surface area contributed by atoms with Crippen LogP contribution in [0.3, 0.4) is 0 Å². The van der Waals surface area contributed by atoms with Crippen molar-refractivity contribution in [3.05, 3.63) is 59.7 Å². The minimum Gasteiger partial charge on any atom is -0.290 e. The SMILES string of the molecule is CC(C)(C)c1ccn(C(C)(C2=CC(=O)C=CC2=O)n2ccc(C(C)(C)C)n2)n1. The van der Waals surface area contributed by atoms with Gasteiger partial charge in [0.25, 0.3) is 0 Å². The quantitative estimate of drug-likeness (QED) is 0.764. The zero-order chi connectivity index (χ0) is 20.9. The van der Waals surface area contributed by atoms with Gasteiger partial charge in [0.15, 0.2) is 17.2 Å². The zero-order valence-corrected chi connectivity index (χ0v) is 17.6. The summed E-state index contributed by atoms with van der Waals surface area (Å²) in [7, 11) is 0. The Morgan fingerprint density at radius 2 is 1.21 bits per heavy atom. The van der Waals surface area contributed by atoms with Gasteiger partial charge < -0.3 is 0 Å². The van der Waals surface area contributed by atoms with Crippen LogP contribution in [0.1, 0.15) is 59.9 Å². The maximum absolute atomic E-state index is 12.8. The fraction of sp³-hybridized carbons (Fsp3) is 0.455. The largest absolute Gasteiger partial charge is 0.290 e. The van der Waals surface area contributed by atoms with Crippen LogP contribution < -0.4 is 0 Å². The Hall–Kier alpha value is -2.76. The topological polar surface area (TPSA) is 69.8 Å². The number of carbonyl (C=O) groups is 2.